The lowest BCUT2D eigenvalue weighted by Gasteiger charge is -2.49. The minimum atomic E-state index is -1.40. The van der Waals surface area contributed by atoms with Crippen molar-refractivity contribution in [2.75, 3.05) is 30.8 Å². The normalized spacial score (nSPS) is 17.9. The van der Waals surface area contributed by atoms with Gasteiger partial charge >= 0.3 is 12.1 Å². The number of thioether (sulfide) groups is 1. The van der Waals surface area contributed by atoms with E-state index in [2.05, 4.69) is 47.0 Å². The van der Waals surface area contributed by atoms with E-state index in [0.717, 1.165) is 38.3 Å². The monoisotopic (exact) mass is 996 g/mol. The highest BCUT2D eigenvalue weighted by Gasteiger charge is 2.55. The summed E-state index contributed by atoms with van der Waals surface area (Å²) in [7, 11) is 0. The number of carbonyl (C=O) groups is 4. The lowest BCUT2D eigenvalue weighted by Crippen LogP contribution is -2.71. The molecule has 2 unspecified atom stereocenters. The second-order valence-corrected chi connectivity index (χ2v) is 19.3. The Hall–Kier alpha value is -8.05. The number of ether oxygens (including phenoxy) is 1. The maximum atomic E-state index is 15.1. The van der Waals surface area contributed by atoms with Crippen molar-refractivity contribution < 1.29 is 39.0 Å². The van der Waals surface area contributed by atoms with Crippen LogP contribution in [0.4, 0.5) is 9.93 Å². The molecule has 0 aliphatic carbocycles. The minimum absolute atomic E-state index is 0.100. The highest BCUT2D eigenvalue weighted by Crippen LogP contribution is 2.44. The number of anilines is 1. The number of fused-ring (bicyclic) bond motifs is 1. The van der Waals surface area contributed by atoms with Crippen molar-refractivity contribution in [1.82, 2.24) is 20.1 Å². The number of β-amino-alcohol motifs (C(OH)–C–C–N with tert-alkyl or cyclic N) is 1. The highest BCUT2D eigenvalue weighted by molar-refractivity contribution is 8.00. The zero-order valence-corrected chi connectivity index (χ0v) is 40.2. The molecule has 0 radical (unpaired) electrons. The number of aliphatic hydroxyl groups excluding tert-OH is 1. The highest BCUT2D eigenvalue weighted by atomic mass is 32.2. The number of hydrogen-bond acceptors (Lipinski definition) is 12. The summed E-state index contributed by atoms with van der Waals surface area (Å²) in [5, 5.41) is 33.1. The molecule has 3 aliphatic rings. The maximum absolute atomic E-state index is 15.1. The summed E-state index contributed by atoms with van der Waals surface area (Å²) in [4.78, 5) is 69.2. The number of β-lactam (4-membered cyclic amide) rings is 1. The van der Waals surface area contributed by atoms with Gasteiger partial charge in [-0.1, -0.05) is 187 Å². The smallest absolute Gasteiger partial charge is 0.410 e. The molecular weight excluding hydrogens is 949 g/mol. The fourth-order valence-electron chi connectivity index (χ4n) is 9.53. The minimum Gasteiger partial charge on any atom is -0.477 e. The molecule has 7 aromatic rings. The Morgan fingerprint density at radius 3 is 1.67 bits per heavy atom. The van der Waals surface area contributed by atoms with Gasteiger partial charge in [-0.25, -0.2) is 14.6 Å². The van der Waals surface area contributed by atoms with Crippen molar-refractivity contribution in [3.05, 3.63) is 238 Å². The van der Waals surface area contributed by atoms with Gasteiger partial charge in [-0.05, 0) is 23.1 Å². The SMILES string of the molecule is O=C(O)C1=C(COC(=O)N2CCC(O)C2)CS[C@@H]2C(NC(=O)/C(=N\OC(c3ccccc3)(c3ccccc3)c3ccccc3)c3csc(NC(c4ccccc4)(c4ccccc4)c4ccccc4)n3)C(=O)N12. The number of likely N-dealkylation sites (tertiary alicyclic amines) is 1. The number of nitrogens with one attached hydrogen (secondary N) is 2. The van der Waals surface area contributed by atoms with Crippen LogP contribution in [0.1, 0.15) is 45.5 Å². The molecule has 2 fully saturated rings. The van der Waals surface area contributed by atoms with Crippen LogP contribution in [0.5, 0.6) is 0 Å². The molecule has 4 N–H and O–H groups in total. The van der Waals surface area contributed by atoms with E-state index in [1.54, 1.807) is 5.38 Å². The zero-order valence-electron chi connectivity index (χ0n) is 38.6. The Balaban J connectivity index is 1.03. The number of amides is 3. The summed E-state index contributed by atoms with van der Waals surface area (Å²) in [5.41, 5.74) is 2.45. The molecule has 0 spiro atoms. The predicted molar refractivity (Wildman–Crippen MR) is 275 cm³/mol. The lowest BCUT2D eigenvalue weighted by atomic mass is 9.77. The number of carboxylic acids is 1. The number of carboxylic acid groups (broad SMARTS) is 1. The number of nitrogens with zero attached hydrogens (tertiary/aromatic N) is 4. The maximum Gasteiger partial charge on any atom is 0.410 e. The molecule has 3 atom stereocenters. The summed E-state index contributed by atoms with van der Waals surface area (Å²) in [5.74, 6) is -2.74. The topological polar surface area (TPSA) is 183 Å². The molecule has 10 rings (SSSR count). The van der Waals surface area contributed by atoms with Gasteiger partial charge < -0.3 is 35.3 Å². The van der Waals surface area contributed by atoms with Crippen LogP contribution in [0.15, 0.2) is 204 Å². The third kappa shape index (κ3) is 9.11. The second kappa shape index (κ2) is 20.7. The molecule has 16 heteroatoms. The summed E-state index contributed by atoms with van der Waals surface area (Å²) in [6.45, 7) is 0.0570. The number of hydrogen-bond donors (Lipinski definition) is 4. The summed E-state index contributed by atoms with van der Waals surface area (Å²) >= 11 is 2.49. The molecular formula is C56H48N6O8S2. The van der Waals surface area contributed by atoms with Crippen molar-refractivity contribution in [1.29, 1.82) is 0 Å². The number of aliphatic carboxylic acids is 1. The molecule has 0 saturated carbocycles. The molecule has 4 heterocycles. The largest absolute Gasteiger partial charge is 0.477 e. The molecule has 2 saturated heterocycles. The van der Waals surface area contributed by atoms with Crippen molar-refractivity contribution in [2.45, 2.75) is 35.1 Å². The number of aromatic nitrogens is 1. The molecule has 1 aromatic heterocycles. The first-order chi connectivity index (χ1) is 35.2. The molecule has 0 bridgehead atoms. The number of rotatable bonds is 16. The van der Waals surface area contributed by atoms with Gasteiger partial charge in [0.05, 0.1) is 6.10 Å². The first kappa shape index (κ1) is 47.6. The first-order valence-corrected chi connectivity index (χ1v) is 25.2. The molecule has 3 aliphatic heterocycles. The van der Waals surface area contributed by atoms with E-state index in [4.69, 9.17) is 19.7 Å². The number of thiazole rings is 1. The van der Waals surface area contributed by atoms with Crippen molar-refractivity contribution in [3.63, 3.8) is 0 Å². The van der Waals surface area contributed by atoms with Crippen LogP contribution in [-0.2, 0) is 35.1 Å². The van der Waals surface area contributed by atoms with Gasteiger partial charge in [0.1, 0.15) is 35.0 Å². The van der Waals surface area contributed by atoms with Crippen LogP contribution in [0, 0.1) is 0 Å². The van der Waals surface area contributed by atoms with Gasteiger partial charge in [-0.15, -0.1) is 23.1 Å². The quantitative estimate of drug-likeness (QED) is 0.0317. The summed E-state index contributed by atoms with van der Waals surface area (Å²) < 4.78 is 5.46. The van der Waals surface area contributed by atoms with Crippen molar-refractivity contribution >= 4 is 57.8 Å². The Labute approximate surface area is 423 Å². The van der Waals surface area contributed by atoms with E-state index in [1.807, 2.05) is 146 Å². The van der Waals surface area contributed by atoms with E-state index in [9.17, 15) is 24.6 Å². The van der Waals surface area contributed by atoms with E-state index >= 15 is 4.79 Å². The van der Waals surface area contributed by atoms with Gasteiger partial charge in [-0.3, -0.25) is 14.5 Å². The van der Waals surface area contributed by atoms with Crippen LogP contribution in [0.2, 0.25) is 0 Å². The van der Waals surface area contributed by atoms with Crippen LogP contribution < -0.4 is 10.6 Å². The molecule has 3 amide bonds. The van der Waals surface area contributed by atoms with Crippen LogP contribution in [0.25, 0.3) is 0 Å². The second-order valence-electron chi connectivity index (χ2n) is 17.4. The van der Waals surface area contributed by atoms with Crippen LogP contribution in [-0.4, -0.2) is 97.6 Å². The Kier molecular flexibility index (Phi) is 13.7. The van der Waals surface area contributed by atoms with E-state index in [-0.39, 0.29) is 41.6 Å². The van der Waals surface area contributed by atoms with Crippen molar-refractivity contribution in [2.24, 2.45) is 5.16 Å². The van der Waals surface area contributed by atoms with Gasteiger partial charge in [0, 0.05) is 46.5 Å². The third-order valence-corrected chi connectivity index (χ3v) is 15.1. The van der Waals surface area contributed by atoms with Gasteiger partial charge in [0.2, 0.25) is 5.60 Å². The number of aliphatic hydroxyl groups is 1. The Morgan fingerprint density at radius 2 is 1.21 bits per heavy atom. The fourth-order valence-corrected chi connectivity index (χ4v) is 11.6. The average molecular weight is 997 g/mol. The first-order valence-electron chi connectivity index (χ1n) is 23.3. The molecule has 6 aromatic carbocycles. The molecule has 72 heavy (non-hydrogen) atoms. The molecule has 14 nitrogen and oxygen atoms in total. The fraction of sp³-hybridized carbons (Fsp3) is 0.179. The van der Waals surface area contributed by atoms with Crippen LogP contribution in [0.3, 0.4) is 0 Å². The van der Waals surface area contributed by atoms with Crippen molar-refractivity contribution in [3.8, 4) is 0 Å². The Morgan fingerprint density at radius 1 is 0.722 bits per heavy atom. The summed E-state index contributed by atoms with van der Waals surface area (Å²) in [6, 6.07) is 57.6. The average Bonchev–Trinajstić information content (AvgIpc) is 4.10. The standard InChI is InChI=1S/C56H48N6O8S2/c63-44-31-32-61(33-44)54(68)69-34-37-35-71-51-47(50(65)62(51)48(37)52(66)67)58-49(64)46(60-70-56(41-25-13-4-14-26-41,42-27-15-5-16-28-42)43-29-17-6-18-30-43)45-36-72-53(57-45)59-55(38-19-7-1-8-20-38,39-21-9-2-10-22-39)40-23-11-3-12-24-40/h1-30,36,44,47,51,63H,31-35H2,(H,57,59)(H,58,64)(H,66,67)/b60-46-/t44?,47?,51-/m1/s1. The Bertz CT molecular complexity index is 2930. The van der Waals surface area contributed by atoms with Crippen LogP contribution >= 0.6 is 23.1 Å². The number of carbonyl (C=O) groups excluding carboxylic acids is 3. The number of benzene rings is 6. The third-order valence-electron chi connectivity index (χ3n) is 13.0. The van der Waals surface area contributed by atoms with E-state index < -0.39 is 52.5 Å². The van der Waals surface area contributed by atoms with Gasteiger partial charge in [-0.2, -0.15) is 0 Å². The van der Waals surface area contributed by atoms with Gasteiger partial charge in [0.15, 0.2) is 10.8 Å². The summed E-state index contributed by atoms with van der Waals surface area (Å²) in [6.07, 6.45) is -0.936. The van der Waals surface area contributed by atoms with Gasteiger partial charge in [0.25, 0.3) is 11.8 Å². The van der Waals surface area contributed by atoms with E-state index in [1.165, 1.54) is 28.0 Å². The zero-order chi connectivity index (χ0) is 49.7. The van der Waals surface area contributed by atoms with E-state index in [0.29, 0.717) is 18.1 Å². The predicted octanol–water partition coefficient (Wildman–Crippen LogP) is 8.20. The molecule has 362 valence electrons. The lowest BCUT2D eigenvalue weighted by molar-refractivity contribution is -0.150. The number of oxime groups is 1.